The van der Waals surface area contributed by atoms with Gasteiger partial charge in [0.15, 0.2) is 0 Å². The molecule has 0 bridgehead atoms. The van der Waals surface area contributed by atoms with E-state index in [1.54, 1.807) is 17.0 Å². The van der Waals surface area contributed by atoms with Gasteiger partial charge in [0.1, 0.15) is 0 Å². The molecular weight excluding hydrogens is 302 g/mol. The van der Waals surface area contributed by atoms with E-state index in [-0.39, 0.29) is 11.8 Å². The van der Waals surface area contributed by atoms with Crippen molar-refractivity contribution in [2.24, 2.45) is 0 Å². The van der Waals surface area contributed by atoms with Crippen molar-refractivity contribution in [3.63, 3.8) is 0 Å². The summed E-state index contributed by atoms with van der Waals surface area (Å²) in [6.07, 6.45) is 1.49. The minimum absolute atomic E-state index is 0.143. The van der Waals surface area contributed by atoms with E-state index in [1.165, 1.54) is 0 Å². The summed E-state index contributed by atoms with van der Waals surface area (Å²) in [5, 5.41) is 2.94. The number of carbonyl (C=O) groups excluding carboxylic acids is 2. The largest absolute Gasteiger partial charge is 0.320 e. The van der Waals surface area contributed by atoms with E-state index >= 15 is 0 Å². The maximum atomic E-state index is 12.5. The Balaban J connectivity index is 1.77. The first-order valence-corrected chi connectivity index (χ1v) is 8.12. The van der Waals surface area contributed by atoms with Crippen LogP contribution in [-0.4, -0.2) is 23.3 Å². The van der Waals surface area contributed by atoms with E-state index in [4.69, 9.17) is 0 Å². The Morgan fingerprint density at radius 3 is 2.46 bits per heavy atom. The van der Waals surface area contributed by atoms with Crippen molar-refractivity contribution in [2.75, 3.05) is 16.8 Å². The van der Waals surface area contributed by atoms with Crippen LogP contribution >= 0.6 is 0 Å². The number of hydrogen-bond acceptors (Lipinski definition) is 3. The lowest BCUT2D eigenvalue weighted by atomic mass is 10.1. The highest BCUT2D eigenvalue weighted by Crippen LogP contribution is 2.23. The predicted octanol–water partition coefficient (Wildman–Crippen LogP) is 3.39. The lowest BCUT2D eigenvalue weighted by molar-refractivity contribution is -0.117. The molecule has 0 saturated carbocycles. The van der Waals surface area contributed by atoms with E-state index < -0.39 is 0 Å². The fraction of sp³-hybridized carbons (Fsp3) is 0.316. The molecule has 1 N–H and O–H groups in total. The Kier molecular flexibility index (Phi) is 4.34. The molecule has 0 atom stereocenters. The minimum atomic E-state index is -0.175. The first-order chi connectivity index (χ1) is 11.5. The Hall–Kier alpha value is -2.69. The summed E-state index contributed by atoms with van der Waals surface area (Å²) in [5.41, 5.74) is 4.89. The van der Waals surface area contributed by atoms with Gasteiger partial charge in [-0.25, -0.2) is 0 Å². The Morgan fingerprint density at radius 2 is 1.88 bits per heavy atom. The summed E-state index contributed by atoms with van der Waals surface area (Å²) in [5.74, 6) is -0.0321. The van der Waals surface area contributed by atoms with Crippen LogP contribution in [0.15, 0.2) is 30.3 Å². The number of aryl methyl sites for hydroxylation is 3. The van der Waals surface area contributed by atoms with Gasteiger partial charge in [-0.15, -0.1) is 0 Å². The molecule has 1 aromatic carbocycles. The lowest BCUT2D eigenvalue weighted by Crippen LogP contribution is -2.23. The predicted molar refractivity (Wildman–Crippen MR) is 94.4 cm³/mol. The van der Waals surface area contributed by atoms with Crippen LogP contribution in [0.25, 0.3) is 0 Å². The van der Waals surface area contributed by atoms with Gasteiger partial charge in [0.2, 0.25) is 5.91 Å². The molecule has 0 unspecified atom stereocenters. The number of pyridine rings is 1. The SMILES string of the molecule is Cc1cc(C)c(NC(=O)c2ccc(N3CCCC3=O)cc2)c(C)n1. The zero-order valence-corrected chi connectivity index (χ0v) is 14.2. The minimum Gasteiger partial charge on any atom is -0.320 e. The number of hydrogen-bond donors (Lipinski definition) is 1. The molecule has 2 heterocycles. The smallest absolute Gasteiger partial charge is 0.255 e. The van der Waals surface area contributed by atoms with Crippen molar-refractivity contribution < 1.29 is 9.59 Å². The van der Waals surface area contributed by atoms with E-state index in [0.29, 0.717) is 12.0 Å². The summed E-state index contributed by atoms with van der Waals surface area (Å²) in [7, 11) is 0. The molecule has 24 heavy (non-hydrogen) atoms. The lowest BCUT2D eigenvalue weighted by Gasteiger charge is -2.16. The molecule has 0 spiro atoms. The molecule has 1 aromatic heterocycles. The highest BCUT2D eigenvalue weighted by Gasteiger charge is 2.21. The fourth-order valence-electron chi connectivity index (χ4n) is 3.11. The summed E-state index contributed by atoms with van der Waals surface area (Å²) < 4.78 is 0. The number of nitrogens with one attached hydrogen (secondary N) is 1. The van der Waals surface area contributed by atoms with Crippen molar-refractivity contribution in [1.29, 1.82) is 0 Å². The fourth-order valence-corrected chi connectivity index (χ4v) is 3.11. The van der Waals surface area contributed by atoms with Crippen LogP contribution in [0.4, 0.5) is 11.4 Å². The number of amides is 2. The Bertz CT molecular complexity index is 774. The van der Waals surface area contributed by atoms with Crippen molar-refractivity contribution in [2.45, 2.75) is 33.6 Å². The maximum Gasteiger partial charge on any atom is 0.255 e. The Labute approximate surface area is 141 Å². The molecule has 1 saturated heterocycles. The second-order valence-electron chi connectivity index (χ2n) is 6.19. The van der Waals surface area contributed by atoms with Crippen LogP contribution < -0.4 is 10.2 Å². The molecule has 1 aliphatic heterocycles. The molecule has 5 heteroatoms. The maximum absolute atomic E-state index is 12.5. The van der Waals surface area contributed by atoms with Crippen LogP contribution in [0.2, 0.25) is 0 Å². The first-order valence-electron chi connectivity index (χ1n) is 8.12. The van der Waals surface area contributed by atoms with Crippen LogP contribution in [0, 0.1) is 20.8 Å². The summed E-state index contributed by atoms with van der Waals surface area (Å²) in [6.45, 7) is 6.53. The average molecular weight is 323 g/mol. The molecule has 2 amide bonds. The molecular formula is C19H21N3O2. The second-order valence-corrected chi connectivity index (χ2v) is 6.19. The molecule has 2 aromatic rings. The van der Waals surface area contributed by atoms with E-state index in [1.807, 2.05) is 39.0 Å². The first kappa shape index (κ1) is 16.2. The van der Waals surface area contributed by atoms with Gasteiger partial charge in [-0.1, -0.05) is 0 Å². The number of benzene rings is 1. The monoisotopic (exact) mass is 323 g/mol. The van der Waals surface area contributed by atoms with Gasteiger partial charge in [0.25, 0.3) is 5.91 Å². The van der Waals surface area contributed by atoms with Crippen molar-refractivity contribution in [1.82, 2.24) is 4.98 Å². The zero-order valence-electron chi connectivity index (χ0n) is 14.2. The third-order valence-electron chi connectivity index (χ3n) is 4.28. The number of nitrogens with zero attached hydrogens (tertiary/aromatic N) is 2. The number of carbonyl (C=O) groups is 2. The molecule has 0 aliphatic carbocycles. The number of anilines is 2. The number of rotatable bonds is 3. The highest BCUT2D eigenvalue weighted by atomic mass is 16.2. The summed E-state index contributed by atoms with van der Waals surface area (Å²) in [4.78, 5) is 30.4. The van der Waals surface area contributed by atoms with Crippen LogP contribution in [0.3, 0.4) is 0 Å². The van der Waals surface area contributed by atoms with Gasteiger partial charge in [-0.05, 0) is 63.1 Å². The molecule has 5 nitrogen and oxygen atoms in total. The zero-order chi connectivity index (χ0) is 17.3. The third-order valence-corrected chi connectivity index (χ3v) is 4.28. The molecule has 1 fully saturated rings. The second kappa shape index (κ2) is 6.43. The van der Waals surface area contributed by atoms with Crippen LogP contribution in [-0.2, 0) is 4.79 Å². The van der Waals surface area contributed by atoms with Crippen LogP contribution in [0.1, 0.15) is 40.2 Å². The number of aromatic nitrogens is 1. The van der Waals surface area contributed by atoms with Gasteiger partial charge in [0.05, 0.1) is 11.4 Å². The molecule has 124 valence electrons. The van der Waals surface area contributed by atoms with E-state index in [9.17, 15) is 9.59 Å². The standard InChI is InChI=1S/C19H21N3O2/c1-12-11-13(2)20-14(3)18(12)21-19(24)15-6-8-16(9-7-15)22-10-4-5-17(22)23/h6-9,11H,4-5,10H2,1-3H3,(H,21,24). The molecule has 3 rings (SSSR count). The van der Waals surface area contributed by atoms with Gasteiger partial charge in [0, 0.05) is 29.9 Å². The normalized spacial score (nSPS) is 14.1. The van der Waals surface area contributed by atoms with E-state index in [0.717, 1.165) is 41.3 Å². The quantitative estimate of drug-likeness (QED) is 0.942. The topological polar surface area (TPSA) is 62.3 Å². The molecule has 1 aliphatic rings. The van der Waals surface area contributed by atoms with Gasteiger partial charge >= 0.3 is 0 Å². The van der Waals surface area contributed by atoms with Gasteiger partial charge in [-0.2, -0.15) is 0 Å². The highest BCUT2D eigenvalue weighted by molar-refractivity contribution is 6.05. The summed E-state index contributed by atoms with van der Waals surface area (Å²) in [6, 6.07) is 9.10. The summed E-state index contributed by atoms with van der Waals surface area (Å²) >= 11 is 0. The van der Waals surface area contributed by atoms with Gasteiger partial charge < -0.3 is 10.2 Å². The van der Waals surface area contributed by atoms with Crippen molar-refractivity contribution >= 4 is 23.2 Å². The van der Waals surface area contributed by atoms with E-state index in [2.05, 4.69) is 10.3 Å². The average Bonchev–Trinajstić information content (AvgIpc) is 2.97. The molecule has 0 radical (unpaired) electrons. The Morgan fingerprint density at radius 1 is 1.17 bits per heavy atom. The van der Waals surface area contributed by atoms with Gasteiger partial charge in [-0.3, -0.25) is 14.6 Å². The van der Waals surface area contributed by atoms with Crippen LogP contribution in [0.5, 0.6) is 0 Å². The van der Waals surface area contributed by atoms with Crippen molar-refractivity contribution in [3.8, 4) is 0 Å². The third kappa shape index (κ3) is 3.15. The van der Waals surface area contributed by atoms with Crippen molar-refractivity contribution in [3.05, 3.63) is 52.8 Å².